The van der Waals surface area contributed by atoms with Crippen LogP contribution in [0.4, 0.5) is 5.69 Å². The van der Waals surface area contributed by atoms with Gasteiger partial charge >= 0.3 is 0 Å². The molecule has 0 radical (unpaired) electrons. The van der Waals surface area contributed by atoms with Gasteiger partial charge < -0.3 is 4.90 Å². The minimum Gasteiger partial charge on any atom is -0.314 e. The first-order valence-electron chi connectivity index (χ1n) is 16.5. The molecule has 2 unspecified atom stereocenters. The molecule has 0 aromatic heterocycles. The molecular formula is C44H53N. The lowest BCUT2D eigenvalue weighted by atomic mass is 9.76. The lowest BCUT2D eigenvalue weighted by molar-refractivity contribution is 0.593. The van der Waals surface area contributed by atoms with Crippen molar-refractivity contribution in [1.82, 2.24) is 0 Å². The van der Waals surface area contributed by atoms with E-state index in [1.165, 1.54) is 44.9 Å². The van der Waals surface area contributed by atoms with Crippen LogP contribution >= 0.6 is 0 Å². The van der Waals surface area contributed by atoms with Crippen LogP contribution in [0.5, 0.6) is 0 Å². The van der Waals surface area contributed by atoms with Crippen LogP contribution in [0.25, 0.3) is 0 Å². The van der Waals surface area contributed by atoms with Gasteiger partial charge in [0.1, 0.15) is 0 Å². The fraction of sp³-hybridized carbons (Fsp3) is 0.273. The van der Waals surface area contributed by atoms with Gasteiger partial charge in [-0.1, -0.05) is 172 Å². The number of benzene rings is 4. The standard InChI is InChI=1S/C28H31N.2C7H8.C2H6/c1-21-12-14-24(15-13-21)28(4)18-16-25(17-19-28)29(26-10-7-8-22(2)20-26)27-11-6-5-9-23(27)3;2*1-7-5-3-2-4-6-7;1-2/h5-18,22H,19-20H2,1-4H3;2*2-6H,1H3;1-2H3. The molecule has 1 heteroatoms. The average molecular weight is 596 g/mol. The maximum atomic E-state index is 2.46. The third kappa shape index (κ3) is 10.6. The molecule has 6 rings (SSSR count). The van der Waals surface area contributed by atoms with Crippen LogP contribution in [0.3, 0.4) is 0 Å². The second-order valence-corrected chi connectivity index (χ2v) is 12.1. The number of nitrogens with zero attached hydrogens (tertiary/aromatic N) is 1. The number of para-hydroxylation sites is 1. The molecule has 0 aliphatic heterocycles. The van der Waals surface area contributed by atoms with Crippen molar-refractivity contribution in [3.05, 3.63) is 185 Å². The number of allylic oxidation sites excluding steroid dienone is 7. The van der Waals surface area contributed by atoms with E-state index in [1.807, 2.05) is 50.2 Å². The molecule has 2 aliphatic rings. The average Bonchev–Trinajstić information content (AvgIpc) is 3.06. The normalized spacial score (nSPS) is 18.0. The molecule has 4 aromatic carbocycles. The van der Waals surface area contributed by atoms with Crippen molar-refractivity contribution in [2.75, 3.05) is 4.90 Å². The Labute approximate surface area is 274 Å². The molecule has 0 bridgehead atoms. The predicted octanol–water partition coefficient (Wildman–Crippen LogP) is 12.4. The number of rotatable bonds is 4. The summed E-state index contributed by atoms with van der Waals surface area (Å²) in [4.78, 5) is 2.46. The summed E-state index contributed by atoms with van der Waals surface area (Å²) in [6.07, 6.45) is 16.0. The van der Waals surface area contributed by atoms with Gasteiger partial charge in [-0.05, 0) is 75.8 Å². The van der Waals surface area contributed by atoms with E-state index in [9.17, 15) is 0 Å². The number of hydrogen-bond acceptors (Lipinski definition) is 1. The monoisotopic (exact) mass is 595 g/mol. The first-order chi connectivity index (χ1) is 21.7. The van der Waals surface area contributed by atoms with Crippen LogP contribution in [-0.4, -0.2) is 0 Å². The van der Waals surface area contributed by atoms with E-state index in [-0.39, 0.29) is 5.41 Å². The van der Waals surface area contributed by atoms with E-state index < -0.39 is 0 Å². The maximum absolute atomic E-state index is 2.46. The van der Waals surface area contributed by atoms with E-state index in [2.05, 4.69) is 156 Å². The van der Waals surface area contributed by atoms with Crippen molar-refractivity contribution in [1.29, 1.82) is 0 Å². The Morgan fingerprint density at radius 2 is 1.20 bits per heavy atom. The Kier molecular flexibility index (Phi) is 13.9. The van der Waals surface area contributed by atoms with Crippen molar-refractivity contribution < 1.29 is 0 Å². The molecule has 2 aliphatic carbocycles. The topological polar surface area (TPSA) is 3.24 Å². The van der Waals surface area contributed by atoms with Crippen molar-refractivity contribution in [2.45, 2.75) is 73.6 Å². The Morgan fingerprint density at radius 3 is 1.67 bits per heavy atom. The second-order valence-electron chi connectivity index (χ2n) is 12.1. The number of anilines is 1. The zero-order valence-electron chi connectivity index (χ0n) is 28.8. The molecule has 0 spiro atoms. The van der Waals surface area contributed by atoms with Gasteiger partial charge in [0.25, 0.3) is 0 Å². The Bertz CT molecular complexity index is 1520. The summed E-state index contributed by atoms with van der Waals surface area (Å²) < 4.78 is 0. The van der Waals surface area contributed by atoms with Crippen LogP contribution in [0, 0.1) is 33.6 Å². The third-order valence-corrected chi connectivity index (χ3v) is 8.11. The number of hydrogen-bond donors (Lipinski definition) is 0. The van der Waals surface area contributed by atoms with Gasteiger partial charge in [-0.15, -0.1) is 0 Å². The van der Waals surface area contributed by atoms with Gasteiger partial charge in [0.2, 0.25) is 0 Å². The highest BCUT2D eigenvalue weighted by atomic mass is 15.2. The lowest BCUT2D eigenvalue weighted by Gasteiger charge is -2.36. The van der Waals surface area contributed by atoms with Gasteiger partial charge in [0.15, 0.2) is 0 Å². The van der Waals surface area contributed by atoms with E-state index in [4.69, 9.17) is 0 Å². The fourth-order valence-electron chi connectivity index (χ4n) is 5.37. The van der Waals surface area contributed by atoms with Crippen molar-refractivity contribution >= 4 is 5.69 Å². The minimum absolute atomic E-state index is 0.0444. The summed E-state index contributed by atoms with van der Waals surface area (Å²) >= 11 is 0. The summed E-state index contributed by atoms with van der Waals surface area (Å²) in [6.45, 7) is 17.1. The molecule has 0 heterocycles. The Hall–Kier alpha value is -4.36. The summed E-state index contributed by atoms with van der Waals surface area (Å²) in [7, 11) is 0. The van der Waals surface area contributed by atoms with E-state index in [0.29, 0.717) is 5.92 Å². The molecule has 2 atom stereocenters. The summed E-state index contributed by atoms with van der Waals surface area (Å²) in [5.41, 5.74) is 10.6. The Morgan fingerprint density at radius 1 is 0.667 bits per heavy atom. The van der Waals surface area contributed by atoms with Gasteiger partial charge in [-0.25, -0.2) is 0 Å². The van der Waals surface area contributed by atoms with Crippen molar-refractivity contribution in [3.8, 4) is 0 Å². The SMILES string of the molecule is CC.Cc1ccc(C2(C)C=CC(N(C3=CC=CC(C)C3)c3ccccc3C)=CC2)cc1.Cc1ccccc1.Cc1ccccc1. The molecular weight excluding hydrogens is 542 g/mol. The zero-order chi connectivity index (χ0) is 32.7. The highest BCUT2D eigenvalue weighted by Gasteiger charge is 2.28. The molecule has 4 aromatic rings. The van der Waals surface area contributed by atoms with Crippen LogP contribution < -0.4 is 4.90 Å². The largest absolute Gasteiger partial charge is 0.314 e. The third-order valence-electron chi connectivity index (χ3n) is 8.11. The smallest absolute Gasteiger partial charge is 0.0487 e. The summed E-state index contributed by atoms with van der Waals surface area (Å²) in [5, 5.41) is 0. The van der Waals surface area contributed by atoms with Gasteiger partial charge in [-0.3, -0.25) is 0 Å². The Balaban J connectivity index is 0.000000281. The zero-order valence-corrected chi connectivity index (χ0v) is 28.8. The van der Waals surface area contributed by atoms with Crippen molar-refractivity contribution in [2.24, 2.45) is 5.92 Å². The van der Waals surface area contributed by atoms with E-state index in [0.717, 1.165) is 12.8 Å². The van der Waals surface area contributed by atoms with Crippen LogP contribution in [0.2, 0.25) is 0 Å². The molecule has 0 saturated heterocycles. The molecule has 0 fully saturated rings. The minimum atomic E-state index is 0.0444. The van der Waals surface area contributed by atoms with E-state index >= 15 is 0 Å². The highest BCUT2D eigenvalue weighted by Crippen LogP contribution is 2.39. The van der Waals surface area contributed by atoms with Gasteiger partial charge in [0, 0.05) is 22.5 Å². The fourth-order valence-corrected chi connectivity index (χ4v) is 5.37. The van der Waals surface area contributed by atoms with Crippen molar-refractivity contribution in [3.63, 3.8) is 0 Å². The first-order valence-corrected chi connectivity index (χ1v) is 16.5. The molecule has 0 saturated carbocycles. The van der Waals surface area contributed by atoms with E-state index in [1.54, 1.807) is 0 Å². The van der Waals surface area contributed by atoms with Crippen LogP contribution in [0.1, 0.15) is 68.4 Å². The molecule has 0 amide bonds. The quantitative estimate of drug-likeness (QED) is 0.227. The molecule has 45 heavy (non-hydrogen) atoms. The van der Waals surface area contributed by atoms with Crippen LogP contribution in [0.15, 0.2) is 157 Å². The lowest BCUT2D eigenvalue weighted by Crippen LogP contribution is -2.28. The van der Waals surface area contributed by atoms with Crippen LogP contribution in [-0.2, 0) is 5.41 Å². The van der Waals surface area contributed by atoms with Gasteiger partial charge in [-0.2, -0.15) is 0 Å². The number of aryl methyl sites for hydroxylation is 4. The van der Waals surface area contributed by atoms with Gasteiger partial charge in [0.05, 0.1) is 0 Å². The predicted molar refractivity (Wildman–Crippen MR) is 199 cm³/mol. The molecule has 1 nitrogen and oxygen atoms in total. The molecule has 0 N–H and O–H groups in total. The summed E-state index contributed by atoms with van der Waals surface area (Å²) in [5.74, 6) is 0.563. The summed E-state index contributed by atoms with van der Waals surface area (Å²) in [6, 6.07) is 38.2. The molecule has 234 valence electrons. The first kappa shape index (κ1) is 35.1. The maximum Gasteiger partial charge on any atom is 0.0487 e. The highest BCUT2D eigenvalue weighted by molar-refractivity contribution is 5.65. The second kappa shape index (κ2) is 17.8.